The molecule has 0 aromatic carbocycles. The molecule has 4 rings (SSSR count). The van der Waals surface area contributed by atoms with E-state index in [4.69, 9.17) is 0 Å². The van der Waals surface area contributed by atoms with Gasteiger partial charge >= 0.3 is 0 Å². The van der Waals surface area contributed by atoms with Crippen molar-refractivity contribution in [2.45, 2.75) is 33.6 Å². The molecule has 0 amide bonds. The summed E-state index contributed by atoms with van der Waals surface area (Å²) in [5.41, 5.74) is 6.77. The Morgan fingerprint density at radius 3 is 2.68 bits per heavy atom. The van der Waals surface area contributed by atoms with Gasteiger partial charge in [-0.1, -0.05) is 81.5 Å². The molecule has 3 heteroatoms. The number of aryl methyl sites for hydroxylation is 1. The molecule has 3 nitrogen and oxygen atoms in total. The molecule has 1 aliphatic heterocycles. The second-order valence-corrected chi connectivity index (χ2v) is 6.61. The van der Waals surface area contributed by atoms with Crippen LogP contribution in [0.1, 0.15) is 38.6 Å². The van der Waals surface area contributed by atoms with Gasteiger partial charge in [-0.2, -0.15) is 5.10 Å². The summed E-state index contributed by atoms with van der Waals surface area (Å²) in [7, 11) is 2.11. The third kappa shape index (κ3) is 3.84. The lowest BCUT2D eigenvalue weighted by Crippen LogP contribution is -2.26. The summed E-state index contributed by atoms with van der Waals surface area (Å²) in [6.45, 7) is 6.18. The Bertz CT molecular complexity index is 956. The molecule has 2 heterocycles. The first kappa shape index (κ1) is 19.8. The summed E-state index contributed by atoms with van der Waals surface area (Å²) >= 11 is 0. The first-order valence-corrected chi connectivity index (χ1v) is 10.2. The maximum absolute atomic E-state index is 4.68. The van der Waals surface area contributed by atoms with Crippen LogP contribution in [0.3, 0.4) is 0 Å². The van der Waals surface area contributed by atoms with Gasteiger partial charge in [-0.15, -0.1) is 5.10 Å². The predicted octanol–water partition coefficient (Wildman–Crippen LogP) is 5.88. The van der Waals surface area contributed by atoms with Gasteiger partial charge in [0.2, 0.25) is 0 Å². The van der Waals surface area contributed by atoms with Crippen LogP contribution in [0.25, 0.3) is 0 Å². The highest BCUT2D eigenvalue weighted by molar-refractivity contribution is 6.21. The van der Waals surface area contributed by atoms with Crippen molar-refractivity contribution in [1.29, 1.82) is 0 Å². The molecular weight excluding hydrogens is 342 g/mol. The SMILES string of the molecule is CC.CCc1ccc(C2=NN=C(C3=CCC=CC=C3)C3C=CC=CC=C23)n1C. The number of hydrogen-bond acceptors (Lipinski definition) is 2. The standard InChI is InChI=1S/C23H23N3.C2H6/c1-3-18-15-16-21(26(18)2)23-20-14-10-6-9-13-19(20)22(24-25-23)17-11-7-4-5-8-12-17;1-2/h4-7,9-16,19H,3,8H2,1-2H3;1-2H3. The van der Waals surface area contributed by atoms with Gasteiger partial charge in [-0.25, -0.2) is 0 Å². The monoisotopic (exact) mass is 371 g/mol. The fourth-order valence-electron chi connectivity index (χ4n) is 3.65. The Morgan fingerprint density at radius 1 is 1.04 bits per heavy atom. The molecule has 2 aliphatic carbocycles. The van der Waals surface area contributed by atoms with Gasteiger partial charge in [0.25, 0.3) is 0 Å². The minimum atomic E-state index is 0.117. The van der Waals surface area contributed by atoms with Crippen LogP contribution in [-0.4, -0.2) is 16.0 Å². The largest absolute Gasteiger partial charge is 0.346 e. The van der Waals surface area contributed by atoms with E-state index in [1.165, 1.54) is 11.3 Å². The Kier molecular flexibility index (Phi) is 6.59. The molecule has 0 spiro atoms. The highest BCUT2D eigenvalue weighted by Gasteiger charge is 2.29. The third-order valence-electron chi connectivity index (χ3n) is 5.09. The van der Waals surface area contributed by atoms with Crippen molar-refractivity contribution in [2.75, 3.05) is 0 Å². The third-order valence-corrected chi connectivity index (χ3v) is 5.09. The molecule has 0 radical (unpaired) electrons. The van der Waals surface area contributed by atoms with Crippen molar-refractivity contribution in [1.82, 2.24) is 4.57 Å². The van der Waals surface area contributed by atoms with E-state index in [2.05, 4.69) is 102 Å². The van der Waals surface area contributed by atoms with E-state index in [0.29, 0.717) is 0 Å². The van der Waals surface area contributed by atoms with Crippen molar-refractivity contribution in [2.24, 2.45) is 23.2 Å². The van der Waals surface area contributed by atoms with Gasteiger partial charge in [0.15, 0.2) is 0 Å². The van der Waals surface area contributed by atoms with E-state index in [1.807, 2.05) is 13.8 Å². The molecular formula is C25H29N3. The van der Waals surface area contributed by atoms with Crippen molar-refractivity contribution in [3.63, 3.8) is 0 Å². The van der Waals surface area contributed by atoms with E-state index in [1.54, 1.807) is 0 Å². The quantitative estimate of drug-likeness (QED) is 0.635. The van der Waals surface area contributed by atoms with Crippen LogP contribution in [0, 0.1) is 5.92 Å². The lowest BCUT2D eigenvalue weighted by molar-refractivity contribution is 0.825. The van der Waals surface area contributed by atoms with Crippen molar-refractivity contribution in [3.8, 4) is 0 Å². The van der Waals surface area contributed by atoms with Gasteiger partial charge in [0, 0.05) is 18.7 Å². The Balaban J connectivity index is 0.00000109. The zero-order chi connectivity index (χ0) is 19.9. The van der Waals surface area contributed by atoms with Gasteiger partial charge in [0.05, 0.1) is 11.4 Å². The van der Waals surface area contributed by atoms with E-state index in [-0.39, 0.29) is 5.92 Å². The zero-order valence-corrected chi connectivity index (χ0v) is 17.3. The van der Waals surface area contributed by atoms with Gasteiger partial charge in [-0.05, 0) is 36.1 Å². The van der Waals surface area contributed by atoms with Crippen LogP contribution in [-0.2, 0) is 13.5 Å². The van der Waals surface area contributed by atoms with E-state index < -0.39 is 0 Å². The molecule has 0 fully saturated rings. The molecule has 3 aliphatic rings. The van der Waals surface area contributed by atoms with Crippen LogP contribution in [0.4, 0.5) is 0 Å². The average molecular weight is 372 g/mol. The number of fused-ring (bicyclic) bond motifs is 1. The Morgan fingerprint density at radius 2 is 1.89 bits per heavy atom. The summed E-state index contributed by atoms with van der Waals surface area (Å²) in [4.78, 5) is 0. The van der Waals surface area contributed by atoms with Crippen LogP contribution in [0.5, 0.6) is 0 Å². The van der Waals surface area contributed by atoms with Gasteiger partial charge in [0.1, 0.15) is 5.71 Å². The molecule has 1 aromatic rings. The van der Waals surface area contributed by atoms with E-state index in [0.717, 1.165) is 35.5 Å². The number of nitrogens with zero attached hydrogens (tertiary/aromatic N) is 3. The maximum atomic E-state index is 4.68. The minimum absolute atomic E-state index is 0.117. The molecule has 28 heavy (non-hydrogen) atoms. The first-order chi connectivity index (χ1) is 13.8. The molecule has 0 saturated heterocycles. The Hall–Kier alpha value is -2.94. The smallest absolute Gasteiger partial charge is 0.113 e. The summed E-state index contributed by atoms with van der Waals surface area (Å²) in [6, 6.07) is 4.33. The topological polar surface area (TPSA) is 29.6 Å². The lowest BCUT2D eigenvalue weighted by Gasteiger charge is -2.24. The normalized spacial score (nSPS) is 20.1. The molecule has 0 saturated carbocycles. The summed E-state index contributed by atoms with van der Waals surface area (Å²) < 4.78 is 2.23. The van der Waals surface area contributed by atoms with Crippen LogP contribution < -0.4 is 0 Å². The maximum Gasteiger partial charge on any atom is 0.113 e. The summed E-state index contributed by atoms with van der Waals surface area (Å²) in [6.07, 6.45) is 23.3. The molecule has 0 N–H and O–H groups in total. The minimum Gasteiger partial charge on any atom is -0.346 e. The molecule has 1 unspecified atom stereocenters. The van der Waals surface area contributed by atoms with Crippen molar-refractivity contribution in [3.05, 3.63) is 95.4 Å². The lowest BCUT2D eigenvalue weighted by atomic mass is 9.84. The highest BCUT2D eigenvalue weighted by Crippen LogP contribution is 2.30. The average Bonchev–Trinajstić information content (AvgIpc) is 2.96. The van der Waals surface area contributed by atoms with Crippen LogP contribution >= 0.6 is 0 Å². The number of rotatable bonds is 3. The highest BCUT2D eigenvalue weighted by atomic mass is 15.2. The molecule has 0 bridgehead atoms. The number of allylic oxidation sites excluding steroid dienone is 12. The van der Waals surface area contributed by atoms with Gasteiger partial charge < -0.3 is 4.57 Å². The fraction of sp³-hybridized carbons (Fsp3) is 0.280. The van der Waals surface area contributed by atoms with E-state index in [9.17, 15) is 0 Å². The molecule has 1 aromatic heterocycles. The van der Waals surface area contributed by atoms with Crippen molar-refractivity contribution < 1.29 is 0 Å². The van der Waals surface area contributed by atoms with Crippen LogP contribution in [0.15, 0.2) is 94.2 Å². The second-order valence-electron chi connectivity index (χ2n) is 6.61. The second kappa shape index (κ2) is 9.32. The predicted molar refractivity (Wildman–Crippen MR) is 121 cm³/mol. The molecule has 144 valence electrons. The van der Waals surface area contributed by atoms with Crippen LogP contribution in [0.2, 0.25) is 0 Å². The van der Waals surface area contributed by atoms with E-state index >= 15 is 0 Å². The summed E-state index contributed by atoms with van der Waals surface area (Å²) in [5.74, 6) is 0.117. The molecule has 1 atom stereocenters. The zero-order valence-electron chi connectivity index (χ0n) is 17.3. The number of aromatic nitrogens is 1. The first-order valence-electron chi connectivity index (χ1n) is 10.2. The van der Waals surface area contributed by atoms with Crippen molar-refractivity contribution >= 4 is 11.4 Å². The Labute approximate surface area is 168 Å². The fourth-order valence-corrected chi connectivity index (χ4v) is 3.65. The number of hydrogen-bond donors (Lipinski definition) is 0. The van der Waals surface area contributed by atoms with Gasteiger partial charge in [-0.3, -0.25) is 0 Å². The summed E-state index contributed by atoms with van der Waals surface area (Å²) in [5, 5.41) is 9.35.